The van der Waals surface area contributed by atoms with E-state index in [1.807, 2.05) is 0 Å². The summed E-state index contributed by atoms with van der Waals surface area (Å²) in [6.07, 6.45) is -2.07. The second kappa shape index (κ2) is 19.3. The Morgan fingerprint density at radius 2 is 1.51 bits per heavy atom. The van der Waals surface area contributed by atoms with Crippen molar-refractivity contribution in [2.24, 2.45) is 17.2 Å². The largest absolute Gasteiger partial charge is 0.508 e. The Kier molecular flexibility index (Phi) is 15.5. The van der Waals surface area contributed by atoms with E-state index in [0.29, 0.717) is 11.1 Å². The van der Waals surface area contributed by atoms with Gasteiger partial charge in [0.1, 0.15) is 36.0 Å². The standard InChI is InChI=1S/C34H46N8O9S2/c1-17(43)26(28(37)46)41-33(51)27-34(2,3)53-52-16-24(40-29(47)21(35)13-19-9-11-20(44)12-10-19)32(50)38-22(14-18-7-5-4-6-8-18)30(48)39-23(15-25(36)45)31(49)42-27/h4-12,17,21-24,26-27,43-44H,13-16,35H2,1-3H3,(H2,36,45)(H2,37,46)(H,38,50)(H,39,48)(H,40,47)(H,41,51)(H,42,49)/t17-,21+,22+,23+,24+,26+,27-/m1/s1. The molecule has 13 N–H and O–H groups in total. The highest BCUT2D eigenvalue weighted by Gasteiger charge is 2.42. The van der Waals surface area contributed by atoms with Crippen LogP contribution >= 0.6 is 21.6 Å². The van der Waals surface area contributed by atoms with E-state index in [1.165, 1.54) is 19.1 Å². The number of nitrogens with one attached hydrogen (secondary N) is 5. The highest BCUT2D eigenvalue weighted by atomic mass is 33.1. The zero-order chi connectivity index (χ0) is 39.5. The molecule has 53 heavy (non-hydrogen) atoms. The molecule has 2 aromatic carbocycles. The summed E-state index contributed by atoms with van der Waals surface area (Å²) in [5.41, 5.74) is 18.3. The number of phenols is 1. The molecule has 1 aliphatic rings. The van der Waals surface area contributed by atoms with Crippen LogP contribution in [-0.4, -0.2) is 104 Å². The van der Waals surface area contributed by atoms with Gasteiger partial charge in [0.05, 0.1) is 18.6 Å². The van der Waals surface area contributed by atoms with Crippen LogP contribution in [0.5, 0.6) is 5.75 Å². The molecule has 7 amide bonds. The smallest absolute Gasteiger partial charge is 0.244 e. The number of hydrogen-bond donors (Lipinski definition) is 10. The third-order valence-corrected chi connectivity index (χ3v) is 11.5. The number of aliphatic hydroxyl groups is 1. The van der Waals surface area contributed by atoms with Crippen molar-refractivity contribution in [1.82, 2.24) is 26.6 Å². The van der Waals surface area contributed by atoms with Gasteiger partial charge in [0.25, 0.3) is 0 Å². The highest BCUT2D eigenvalue weighted by Crippen LogP contribution is 2.39. The summed E-state index contributed by atoms with van der Waals surface area (Å²) in [7, 11) is 2.10. The van der Waals surface area contributed by atoms with Crippen LogP contribution in [0.4, 0.5) is 0 Å². The van der Waals surface area contributed by atoms with Gasteiger partial charge in [-0.3, -0.25) is 33.6 Å². The quantitative estimate of drug-likeness (QED) is 0.103. The molecule has 0 unspecified atom stereocenters. The first-order valence-corrected chi connectivity index (χ1v) is 18.9. The van der Waals surface area contributed by atoms with E-state index in [-0.39, 0.29) is 24.3 Å². The van der Waals surface area contributed by atoms with Gasteiger partial charge in [0.2, 0.25) is 41.4 Å². The molecule has 0 aromatic heterocycles. The van der Waals surface area contributed by atoms with E-state index in [1.54, 1.807) is 56.3 Å². The van der Waals surface area contributed by atoms with Crippen LogP contribution in [0.2, 0.25) is 0 Å². The number of amides is 7. The van der Waals surface area contributed by atoms with E-state index in [0.717, 1.165) is 21.6 Å². The second-order valence-corrected chi connectivity index (χ2v) is 16.1. The molecule has 0 bridgehead atoms. The summed E-state index contributed by atoms with van der Waals surface area (Å²) in [4.78, 5) is 92.6. The van der Waals surface area contributed by atoms with E-state index < -0.39 is 94.9 Å². The fraction of sp³-hybridized carbons (Fsp3) is 0.441. The van der Waals surface area contributed by atoms with Gasteiger partial charge in [-0.05, 0) is 50.5 Å². The molecule has 0 saturated carbocycles. The first-order chi connectivity index (χ1) is 24.9. The van der Waals surface area contributed by atoms with Gasteiger partial charge in [-0.25, -0.2) is 0 Å². The molecule has 2 aromatic rings. The molecule has 7 atom stereocenters. The van der Waals surface area contributed by atoms with E-state index in [9.17, 15) is 43.8 Å². The summed E-state index contributed by atoms with van der Waals surface area (Å²) in [6.45, 7) is 4.38. The minimum absolute atomic E-state index is 0.0330. The fourth-order valence-electron chi connectivity index (χ4n) is 5.22. The Morgan fingerprint density at radius 1 is 0.906 bits per heavy atom. The number of primary amides is 2. The third kappa shape index (κ3) is 13.0. The van der Waals surface area contributed by atoms with Crippen molar-refractivity contribution in [2.75, 3.05) is 5.75 Å². The van der Waals surface area contributed by atoms with Gasteiger partial charge in [-0.2, -0.15) is 0 Å². The molecular formula is C34H46N8O9S2. The van der Waals surface area contributed by atoms with Gasteiger partial charge in [-0.15, -0.1) is 0 Å². The topological polar surface area (TPSA) is 298 Å². The van der Waals surface area contributed by atoms with Crippen molar-refractivity contribution in [3.05, 3.63) is 65.7 Å². The Balaban J connectivity index is 2.02. The number of nitrogens with two attached hydrogens (primary N) is 3. The molecular weight excluding hydrogens is 729 g/mol. The first kappa shape index (κ1) is 42.6. The summed E-state index contributed by atoms with van der Waals surface area (Å²) in [6, 6.07) is 6.39. The molecule has 17 nitrogen and oxygen atoms in total. The van der Waals surface area contributed by atoms with Crippen LogP contribution in [0.3, 0.4) is 0 Å². The number of aromatic hydroxyl groups is 1. The van der Waals surface area contributed by atoms with Crippen LogP contribution in [0.1, 0.15) is 38.3 Å². The molecule has 1 fully saturated rings. The highest BCUT2D eigenvalue weighted by molar-refractivity contribution is 8.77. The molecule has 0 radical (unpaired) electrons. The number of carbonyl (C=O) groups is 7. The maximum absolute atomic E-state index is 13.9. The third-order valence-electron chi connectivity index (χ3n) is 8.15. The van der Waals surface area contributed by atoms with Crippen LogP contribution in [0.15, 0.2) is 54.6 Å². The van der Waals surface area contributed by atoms with Crippen LogP contribution in [-0.2, 0) is 46.4 Å². The van der Waals surface area contributed by atoms with Crippen molar-refractivity contribution in [1.29, 1.82) is 0 Å². The number of hydrogen-bond acceptors (Lipinski definition) is 12. The Bertz CT molecular complexity index is 1650. The van der Waals surface area contributed by atoms with Gasteiger partial charge >= 0.3 is 0 Å². The van der Waals surface area contributed by atoms with Crippen molar-refractivity contribution < 1.29 is 43.8 Å². The molecule has 288 valence electrons. The maximum Gasteiger partial charge on any atom is 0.244 e. The second-order valence-electron chi connectivity index (χ2n) is 13.1. The van der Waals surface area contributed by atoms with Crippen molar-refractivity contribution in [2.45, 2.75) is 87.1 Å². The molecule has 1 heterocycles. The van der Waals surface area contributed by atoms with Crippen molar-refractivity contribution >= 4 is 62.9 Å². The van der Waals surface area contributed by atoms with Gasteiger partial charge in [0, 0.05) is 16.9 Å². The van der Waals surface area contributed by atoms with E-state index >= 15 is 0 Å². The molecule has 3 rings (SSSR count). The first-order valence-electron chi connectivity index (χ1n) is 16.5. The average molecular weight is 775 g/mol. The van der Waals surface area contributed by atoms with Crippen LogP contribution in [0.25, 0.3) is 0 Å². The number of benzene rings is 2. The summed E-state index contributed by atoms with van der Waals surface area (Å²) >= 11 is 0. The summed E-state index contributed by atoms with van der Waals surface area (Å²) in [5, 5.41) is 32.3. The minimum Gasteiger partial charge on any atom is -0.508 e. The molecule has 1 saturated heterocycles. The summed E-state index contributed by atoms with van der Waals surface area (Å²) in [5.74, 6) is -6.31. The predicted octanol–water partition coefficient (Wildman–Crippen LogP) is -2.16. The van der Waals surface area contributed by atoms with Crippen molar-refractivity contribution in [3.63, 3.8) is 0 Å². The fourth-order valence-corrected chi connectivity index (χ4v) is 8.04. The number of rotatable bonds is 12. The van der Waals surface area contributed by atoms with Gasteiger partial charge in [-0.1, -0.05) is 64.1 Å². The van der Waals surface area contributed by atoms with Crippen LogP contribution < -0.4 is 43.8 Å². The number of phenolic OH excluding ortho intramolecular Hbond substituents is 1. The lowest BCUT2D eigenvalue weighted by Gasteiger charge is -2.35. The predicted molar refractivity (Wildman–Crippen MR) is 198 cm³/mol. The Labute approximate surface area is 314 Å². The average Bonchev–Trinajstić information content (AvgIpc) is 3.08. The lowest BCUT2D eigenvalue weighted by Crippen LogP contribution is -2.64. The summed E-state index contributed by atoms with van der Waals surface area (Å²) < 4.78 is -1.26. The Hall–Kier alpha value is -4.85. The number of aliphatic hydroxyl groups excluding tert-OH is 1. The molecule has 0 aliphatic carbocycles. The number of carbonyl (C=O) groups excluding carboxylic acids is 7. The molecule has 19 heteroatoms. The van der Waals surface area contributed by atoms with E-state index in [4.69, 9.17) is 17.2 Å². The molecule has 0 spiro atoms. The van der Waals surface area contributed by atoms with Crippen LogP contribution in [0, 0.1) is 0 Å². The van der Waals surface area contributed by atoms with Crippen molar-refractivity contribution in [3.8, 4) is 5.75 Å². The molecule has 1 aliphatic heterocycles. The monoisotopic (exact) mass is 774 g/mol. The zero-order valence-electron chi connectivity index (χ0n) is 29.4. The minimum atomic E-state index is -1.61. The van der Waals surface area contributed by atoms with E-state index in [2.05, 4.69) is 26.6 Å². The Morgan fingerprint density at radius 3 is 2.09 bits per heavy atom. The SMILES string of the molecule is C[C@@H](O)[C@H](NC(=O)[C@H]1NC(=O)[C@H](CC(N)=O)NC(=O)[C@H](Cc2ccccc2)NC(=O)[C@@H](NC(=O)[C@@H](N)Cc2ccc(O)cc2)CSSC1(C)C)C(N)=O. The maximum atomic E-state index is 13.9. The lowest BCUT2D eigenvalue weighted by molar-refractivity contribution is -0.136. The van der Waals surface area contributed by atoms with Gasteiger partial charge < -0.3 is 54.0 Å². The lowest BCUT2D eigenvalue weighted by atomic mass is 9.99. The van der Waals surface area contributed by atoms with Gasteiger partial charge in [0.15, 0.2) is 0 Å². The zero-order valence-corrected chi connectivity index (χ0v) is 31.0. The normalized spacial score (nSPS) is 22.7.